The maximum Gasteiger partial charge on any atom is 0.478 e. The van der Waals surface area contributed by atoms with Crippen molar-refractivity contribution >= 4 is 19.0 Å². The first-order valence-electron chi connectivity index (χ1n) is 7.58. The number of rotatable bonds is 5. The summed E-state index contributed by atoms with van der Waals surface area (Å²) in [5.74, 6) is -1.80. The molecule has 23 heavy (non-hydrogen) atoms. The van der Waals surface area contributed by atoms with Gasteiger partial charge in [-0.25, -0.2) is 0 Å². The van der Waals surface area contributed by atoms with E-state index < -0.39 is 25.1 Å². The number of carbonyl (C=O) groups excluding carboxylic acids is 1. The van der Waals surface area contributed by atoms with Crippen molar-refractivity contribution in [2.75, 3.05) is 0 Å². The summed E-state index contributed by atoms with van der Waals surface area (Å²) < 4.78 is 5.37. The minimum absolute atomic E-state index is 0.188. The Bertz CT molecular complexity index is 563. The predicted octanol–water partition coefficient (Wildman–Crippen LogP) is 0.944. The monoisotopic (exact) mass is 317 g/mol. The first-order chi connectivity index (χ1) is 11.0. The molecule has 1 aliphatic heterocycles. The number of aliphatic carboxylic acids is 1. The molecule has 0 saturated carbocycles. The van der Waals surface area contributed by atoms with Crippen molar-refractivity contribution in [3.05, 3.63) is 48.0 Å². The molecule has 1 aliphatic rings. The van der Waals surface area contributed by atoms with Crippen molar-refractivity contribution in [1.29, 1.82) is 0 Å². The van der Waals surface area contributed by atoms with Crippen LogP contribution < -0.4 is 5.32 Å². The minimum Gasteiger partial charge on any atom is -0.481 e. The standard InChI is InChI=1S/C16H20BNO5/c19-15(10-12-6-2-1-3-7-12)18-14-9-5-4-8-13(11-16(20)21)23-17(14)22/h1-7,13-14,22H,8-11H2,(H,18,19)(H,20,21)/b5-4-. The summed E-state index contributed by atoms with van der Waals surface area (Å²) in [4.78, 5) is 22.9. The Kier molecular flexibility index (Phi) is 6.37. The predicted molar refractivity (Wildman–Crippen MR) is 85.5 cm³/mol. The maximum absolute atomic E-state index is 12.1. The lowest BCUT2D eigenvalue weighted by molar-refractivity contribution is -0.139. The quantitative estimate of drug-likeness (QED) is 0.555. The van der Waals surface area contributed by atoms with Crippen LogP contribution in [0.25, 0.3) is 0 Å². The molecule has 0 fully saturated rings. The Morgan fingerprint density at radius 3 is 2.61 bits per heavy atom. The summed E-state index contributed by atoms with van der Waals surface area (Å²) in [6.07, 6.45) is 3.92. The average Bonchev–Trinajstić information content (AvgIpc) is 2.49. The molecule has 0 radical (unpaired) electrons. The van der Waals surface area contributed by atoms with Crippen LogP contribution in [0.3, 0.4) is 0 Å². The molecular weight excluding hydrogens is 297 g/mol. The summed E-state index contributed by atoms with van der Waals surface area (Å²) in [6, 6.07) is 9.30. The first-order valence-corrected chi connectivity index (χ1v) is 7.58. The van der Waals surface area contributed by atoms with E-state index >= 15 is 0 Å². The second-order valence-corrected chi connectivity index (χ2v) is 5.53. The van der Waals surface area contributed by atoms with Crippen LogP contribution >= 0.6 is 0 Å². The highest BCUT2D eigenvalue weighted by Gasteiger charge is 2.32. The fraction of sp³-hybridized carbons (Fsp3) is 0.375. The second-order valence-electron chi connectivity index (χ2n) is 5.53. The van der Waals surface area contributed by atoms with Crippen molar-refractivity contribution in [2.24, 2.45) is 0 Å². The molecule has 1 amide bonds. The number of amides is 1. The van der Waals surface area contributed by atoms with Crippen LogP contribution in [0.5, 0.6) is 0 Å². The van der Waals surface area contributed by atoms with Crippen molar-refractivity contribution < 1.29 is 24.4 Å². The van der Waals surface area contributed by atoms with Crippen LogP contribution in [0.15, 0.2) is 42.5 Å². The Labute approximate surface area is 135 Å². The van der Waals surface area contributed by atoms with Crippen molar-refractivity contribution in [1.82, 2.24) is 5.32 Å². The third kappa shape index (κ3) is 5.88. The maximum atomic E-state index is 12.1. The van der Waals surface area contributed by atoms with Gasteiger partial charge >= 0.3 is 13.1 Å². The van der Waals surface area contributed by atoms with Crippen molar-refractivity contribution in [3.8, 4) is 0 Å². The summed E-state index contributed by atoms with van der Waals surface area (Å²) in [5.41, 5.74) is 0.880. The fourth-order valence-corrected chi connectivity index (χ4v) is 2.45. The van der Waals surface area contributed by atoms with Gasteiger partial charge in [0.25, 0.3) is 0 Å². The molecule has 122 valence electrons. The largest absolute Gasteiger partial charge is 0.481 e. The Morgan fingerprint density at radius 1 is 1.22 bits per heavy atom. The van der Waals surface area contributed by atoms with Crippen LogP contribution in [0, 0.1) is 0 Å². The highest BCUT2D eigenvalue weighted by molar-refractivity contribution is 6.45. The van der Waals surface area contributed by atoms with Crippen LogP contribution in [-0.4, -0.2) is 41.2 Å². The zero-order valence-corrected chi connectivity index (χ0v) is 12.7. The topological polar surface area (TPSA) is 95.9 Å². The normalized spacial score (nSPS) is 22.7. The van der Waals surface area contributed by atoms with E-state index in [9.17, 15) is 14.6 Å². The van der Waals surface area contributed by atoms with E-state index in [4.69, 9.17) is 9.76 Å². The first kappa shape index (κ1) is 17.2. The van der Waals surface area contributed by atoms with E-state index in [-0.39, 0.29) is 18.7 Å². The SMILES string of the molecule is O=C(O)CC1C/C=C\CC(NC(=O)Cc2ccccc2)B(O)O1. The zero-order valence-electron chi connectivity index (χ0n) is 12.7. The Morgan fingerprint density at radius 2 is 1.91 bits per heavy atom. The number of benzene rings is 1. The van der Waals surface area contributed by atoms with E-state index in [2.05, 4.69) is 5.32 Å². The number of carboxylic acid groups (broad SMARTS) is 1. The zero-order chi connectivity index (χ0) is 16.7. The number of nitrogens with one attached hydrogen (secondary N) is 1. The molecule has 2 unspecified atom stereocenters. The molecule has 1 aromatic carbocycles. The molecule has 2 rings (SSSR count). The molecule has 6 nitrogen and oxygen atoms in total. The molecule has 3 N–H and O–H groups in total. The van der Waals surface area contributed by atoms with E-state index in [0.29, 0.717) is 12.8 Å². The molecule has 7 heteroatoms. The van der Waals surface area contributed by atoms with Gasteiger partial charge in [-0.05, 0) is 18.4 Å². The summed E-state index contributed by atoms with van der Waals surface area (Å²) in [5, 5.41) is 21.7. The van der Waals surface area contributed by atoms with Crippen LogP contribution in [-0.2, 0) is 20.7 Å². The van der Waals surface area contributed by atoms with Gasteiger partial charge in [-0.1, -0.05) is 42.5 Å². The van der Waals surface area contributed by atoms with Gasteiger partial charge in [0, 0.05) is 0 Å². The van der Waals surface area contributed by atoms with Crippen LogP contribution in [0.1, 0.15) is 24.8 Å². The smallest absolute Gasteiger partial charge is 0.478 e. The third-order valence-electron chi connectivity index (χ3n) is 3.59. The Balaban J connectivity index is 1.92. The molecule has 1 heterocycles. The second kappa shape index (κ2) is 8.50. The molecule has 1 aromatic rings. The van der Waals surface area contributed by atoms with Gasteiger partial charge in [-0.3, -0.25) is 9.59 Å². The molecule has 0 bridgehead atoms. The molecule has 0 aromatic heterocycles. The van der Waals surface area contributed by atoms with E-state index in [1.807, 2.05) is 42.5 Å². The van der Waals surface area contributed by atoms with E-state index in [1.54, 1.807) is 0 Å². The van der Waals surface area contributed by atoms with Gasteiger partial charge in [-0.15, -0.1) is 0 Å². The Hall–Kier alpha value is -2.12. The highest BCUT2D eigenvalue weighted by atomic mass is 16.5. The lowest BCUT2D eigenvalue weighted by atomic mass is 9.75. The molecule has 0 saturated heterocycles. The van der Waals surface area contributed by atoms with Crippen molar-refractivity contribution in [2.45, 2.75) is 37.7 Å². The molecule has 0 spiro atoms. The van der Waals surface area contributed by atoms with E-state index in [1.165, 1.54) is 0 Å². The lowest BCUT2D eigenvalue weighted by Crippen LogP contribution is -2.50. The van der Waals surface area contributed by atoms with Gasteiger partial charge in [0.15, 0.2) is 0 Å². The fourth-order valence-electron chi connectivity index (χ4n) is 2.45. The highest BCUT2D eigenvalue weighted by Crippen LogP contribution is 2.13. The summed E-state index contributed by atoms with van der Waals surface area (Å²) in [6.45, 7) is 0. The third-order valence-corrected chi connectivity index (χ3v) is 3.59. The molecule has 2 atom stereocenters. The average molecular weight is 317 g/mol. The van der Waals surface area contributed by atoms with Crippen LogP contribution in [0.4, 0.5) is 0 Å². The van der Waals surface area contributed by atoms with Gasteiger partial charge in [0.2, 0.25) is 5.91 Å². The summed E-state index contributed by atoms with van der Waals surface area (Å²) in [7, 11) is -1.23. The number of carboxylic acids is 1. The lowest BCUT2D eigenvalue weighted by Gasteiger charge is -2.25. The van der Waals surface area contributed by atoms with Gasteiger partial charge in [-0.2, -0.15) is 0 Å². The number of hydrogen-bond acceptors (Lipinski definition) is 4. The van der Waals surface area contributed by atoms with Gasteiger partial charge in [0.1, 0.15) is 0 Å². The van der Waals surface area contributed by atoms with Crippen molar-refractivity contribution in [3.63, 3.8) is 0 Å². The van der Waals surface area contributed by atoms with Gasteiger partial charge in [0.05, 0.1) is 24.9 Å². The van der Waals surface area contributed by atoms with Gasteiger partial charge < -0.3 is 20.1 Å². The number of hydrogen-bond donors (Lipinski definition) is 3. The molecule has 0 aliphatic carbocycles. The number of carbonyl (C=O) groups is 2. The minimum atomic E-state index is -1.23. The van der Waals surface area contributed by atoms with E-state index in [0.717, 1.165) is 5.56 Å². The molecular formula is C16H20BNO5. The van der Waals surface area contributed by atoms with Crippen LogP contribution in [0.2, 0.25) is 0 Å². The summed E-state index contributed by atoms with van der Waals surface area (Å²) >= 11 is 0.